The molecule has 4 nitrogen and oxygen atoms in total. The Morgan fingerprint density at radius 1 is 0.654 bits per heavy atom. The van der Waals surface area contributed by atoms with Crippen LogP contribution in [0, 0.1) is 22.7 Å². The van der Waals surface area contributed by atoms with Crippen LogP contribution in [0.5, 0.6) is 0 Å². The van der Waals surface area contributed by atoms with E-state index in [9.17, 15) is 9.59 Å². The second-order valence-corrected chi connectivity index (χ2v) is 10.2. The van der Waals surface area contributed by atoms with Gasteiger partial charge >= 0.3 is 0 Å². The largest absolute Gasteiger partial charge is 0.369 e. The van der Waals surface area contributed by atoms with E-state index in [4.69, 9.17) is 11.5 Å². The van der Waals surface area contributed by atoms with Crippen molar-refractivity contribution in [2.24, 2.45) is 34.1 Å². The van der Waals surface area contributed by atoms with Crippen LogP contribution in [-0.4, -0.2) is 11.8 Å². The van der Waals surface area contributed by atoms with Crippen LogP contribution >= 0.6 is 0 Å². The van der Waals surface area contributed by atoms with Gasteiger partial charge in [0.25, 0.3) is 0 Å². The van der Waals surface area contributed by atoms with Crippen LogP contribution in [0.4, 0.5) is 0 Å². The molecule has 4 N–H and O–H groups in total. The molecule has 26 heavy (non-hydrogen) atoms. The summed E-state index contributed by atoms with van der Waals surface area (Å²) in [7, 11) is 0. The third-order valence-electron chi connectivity index (χ3n) is 4.60. The molecule has 0 saturated heterocycles. The van der Waals surface area contributed by atoms with Crippen molar-refractivity contribution in [3.63, 3.8) is 0 Å². The summed E-state index contributed by atoms with van der Waals surface area (Å²) in [4.78, 5) is 21.4. The molecule has 0 bridgehead atoms. The molecule has 2 unspecified atom stereocenters. The Morgan fingerprint density at radius 3 is 1.12 bits per heavy atom. The monoisotopic (exact) mass is 370 g/mol. The number of unbranched alkanes of at least 4 members (excludes halogenated alkanes) is 2. The van der Waals surface area contributed by atoms with Gasteiger partial charge in [-0.05, 0) is 36.5 Å². The van der Waals surface area contributed by atoms with Gasteiger partial charge in [0.1, 0.15) is 0 Å². The summed E-state index contributed by atoms with van der Waals surface area (Å²) in [6.07, 6.45) is 8.93. The molecule has 0 fully saturated rings. The van der Waals surface area contributed by atoms with E-state index in [2.05, 4.69) is 41.5 Å². The van der Waals surface area contributed by atoms with Crippen LogP contribution in [-0.2, 0) is 9.59 Å². The Bertz CT molecular complexity index is 354. The van der Waals surface area contributed by atoms with E-state index in [0.717, 1.165) is 25.7 Å². The molecular weight excluding hydrogens is 324 g/mol. The summed E-state index contributed by atoms with van der Waals surface area (Å²) < 4.78 is 0. The van der Waals surface area contributed by atoms with E-state index < -0.39 is 0 Å². The minimum absolute atomic E-state index is 0.0416. The molecule has 4 heteroatoms. The van der Waals surface area contributed by atoms with Crippen LogP contribution in [0.2, 0.25) is 0 Å². The van der Waals surface area contributed by atoms with Gasteiger partial charge in [-0.1, -0.05) is 81.1 Å². The van der Waals surface area contributed by atoms with E-state index in [0.29, 0.717) is 10.8 Å². The van der Waals surface area contributed by atoms with Crippen LogP contribution in [0.15, 0.2) is 0 Å². The summed E-state index contributed by atoms with van der Waals surface area (Å²) in [5.74, 6) is -0.258. The van der Waals surface area contributed by atoms with Gasteiger partial charge in [-0.2, -0.15) is 0 Å². The molecule has 0 heterocycles. The molecule has 0 saturated carbocycles. The second kappa shape index (κ2) is 13.2. The first-order chi connectivity index (χ1) is 11.7. The van der Waals surface area contributed by atoms with E-state index in [1.165, 1.54) is 25.7 Å². The number of carbonyl (C=O) groups excluding carboxylic acids is 2. The van der Waals surface area contributed by atoms with Gasteiger partial charge in [0.2, 0.25) is 11.8 Å². The predicted octanol–water partition coefficient (Wildman–Crippen LogP) is 5.43. The van der Waals surface area contributed by atoms with E-state index in [1.807, 2.05) is 13.8 Å². The molecule has 156 valence electrons. The van der Waals surface area contributed by atoms with Gasteiger partial charge in [0, 0.05) is 11.8 Å². The van der Waals surface area contributed by atoms with Crippen molar-refractivity contribution in [3.8, 4) is 0 Å². The first kappa shape index (κ1) is 27.2. The molecule has 0 aliphatic rings. The summed E-state index contributed by atoms with van der Waals surface area (Å²) in [6.45, 7) is 17.2. The standard InChI is InChI=1S/2C11H23NO/c2*1-9(10(12)13)7-5-6-8-11(2,3)4/h2*9H,5-8H2,1-4H3,(H2,12,13). The number of hydrogen-bond donors (Lipinski definition) is 2. The summed E-state index contributed by atoms with van der Waals surface area (Å²) in [6, 6.07) is 0. The molecule has 0 aromatic rings. The van der Waals surface area contributed by atoms with E-state index in [-0.39, 0.29) is 23.7 Å². The summed E-state index contributed by atoms with van der Waals surface area (Å²) in [5, 5.41) is 0. The molecule has 0 rings (SSSR count). The van der Waals surface area contributed by atoms with Gasteiger partial charge in [0.05, 0.1) is 0 Å². The minimum Gasteiger partial charge on any atom is -0.369 e. The zero-order valence-corrected chi connectivity index (χ0v) is 18.8. The molecule has 0 aliphatic carbocycles. The minimum atomic E-state index is -0.171. The average Bonchev–Trinajstić information content (AvgIpc) is 2.46. The van der Waals surface area contributed by atoms with Crippen LogP contribution < -0.4 is 11.5 Å². The summed E-state index contributed by atoms with van der Waals surface area (Å²) >= 11 is 0. The fraction of sp³-hybridized carbons (Fsp3) is 0.909. The third kappa shape index (κ3) is 21.0. The van der Waals surface area contributed by atoms with Crippen molar-refractivity contribution in [2.75, 3.05) is 0 Å². The van der Waals surface area contributed by atoms with Gasteiger partial charge in [-0.15, -0.1) is 0 Å². The number of rotatable bonds is 10. The molecule has 2 atom stereocenters. The van der Waals surface area contributed by atoms with Crippen LogP contribution in [0.1, 0.15) is 107 Å². The Balaban J connectivity index is 0. The molecular formula is C22H46N2O2. The lowest BCUT2D eigenvalue weighted by molar-refractivity contribution is -0.122. The second-order valence-electron chi connectivity index (χ2n) is 10.2. The quantitative estimate of drug-likeness (QED) is 0.502. The normalized spacial score (nSPS) is 14.2. The highest BCUT2D eigenvalue weighted by Crippen LogP contribution is 2.23. The van der Waals surface area contributed by atoms with Crippen molar-refractivity contribution in [3.05, 3.63) is 0 Å². The van der Waals surface area contributed by atoms with E-state index >= 15 is 0 Å². The fourth-order valence-electron chi connectivity index (χ4n) is 2.50. The Morgan fingerprint density at radius 2 is 0.923 bits per heavy atom. The molecule has 2 amide bonds. The molecule has 0 aromatic heterocycles. The first-order valence-corrected chi connectivity index (χ1v) is 10.2. The topological polar surface area (TPSA) is 86.2 Å². The maximum absolute atomic E-state index is 10.7. The van der Waals surface area contributed by atoms with Crippen molar-refractivity contribution in [1.29, 1.82) is 0 Å². The number of carbonyl (C=O) groups is 2. The van der Waals surface area contributed by atoms with Crippen molar-refractivity contribution < 1.29 is 9.59 Å². The smallest absolute Gasteiger partial charge is 0.220 e. The van der Waals surface area contributed by atoms with Gasteiger partial charge in [-0.3, -0.25) is 9.59 Å². The van der Waals surface area contributed by atoms with Gasteiger partial charge in [0.15, 0.2) is 0 Å². The fourth-order valence-corrected chi connectivity index (χ4v) is 2.50. The van der Waals surface area contributed by atoms with Gasteiger partial charge < -0.3 is 11.5 Å². The van der Waals surface area contributed by atoms with Crippen molar-refractivity contribution >= 4 is 11.8 Å². The lowest BCUT2D eigenvalue weighted by Crippen LogP contribution is -2.20. The first-order valence-electron chi connectivity index (χ1n) is 10.2. The highest BCUT2D eigenvalue weighted by atomic mass is 16.1. The highest BCUT2D eigenvalue weighted by molar-refractivity contribution is 5.76. The maximum atomic E-state index is 10.7. The number of primary amides is 2. The average molecular weight is 371 g/mol. The zero-order valence-electron chi connectivity index (χ0n) is 18.8. The number of hydrogen-bond acceptors (Lipinski definition) is 2. The van der Waals surface area contributed by atoms with Crippen molar-refractivity contribution in [2.45, 2.75) is 107 Å². The third-order valence-corrected chi connectivity index (χ3v) is 4.60. The Labute approximate surface area is 162 Å². The summed E-state index contributed by atoms with van der Waals surface area (Å²) in [5.41, 5.74) is 11.2. The zero-order chi connectivity index (χ0) is 21.0. The Kier molecular flexibility index (Phi) is 13.7. The van der Waals surface area contributed by atoms with Gasteiger partial charge in [-0.25, -0.2) is 0 Å². The maximum Gasteiger partial charge on any atom is 0.220 e. The number of amides is 2. The molecule has 0 aromatic carbocycles. The van der Waals surface area contributed by atoms with Crippen molar-refractivity contribution in [1.82, 2.24) is 0 Å². The predicted molar refractivity (Wildman–Crippen MR) is 113 cm³/mol. The molecule has 0 spiro atoms. The molecule has 0 aliphatic heterocycles. The van der Waals surface area contributed by atoms with E-state index in [1.54, 1.807) is 0 Å². The van der Waals surface area contributed by atoms with Crippen LogP contribution in [0.3, 0.4) is 0 Å². The Hall–Kier alpha value is -1.06. The SMILES string of the molecule is CC(CCCCC(C)(C)C)C(N)=O.CC(CCCCC(C)(C)C)C(N)=O. The van der Waals surface area contributed by atoms with Crippen LogP contribution in [0.25, 0.3) is 0 Å². The lowest BCUT2D eigenvalue weighted by Gasteiger charge is -2.17. The number of nitrogens with two attached hydrogens (primary N) is 2. The highest BCUT2D eigenvalue weighted by Gasteiger charge is 2.12. The molecule has 0 radical (unpaired) electrons. The lowest BCUT2D eigenvalue weighted by atomic mass is 9.88.